The zero-order chi connectivity index (χ0) is 15.9. The van der Waals surface area contributed by atoms with Crippen molar-refractivity contribution in [3.05, 3.63) is 68.0 Å². The maximum Gasteiger partial charge on any atom is 0.280 e. The summed E-state index contributed by atoms with van der Waals surface area (Å²) < 4.78 is 1.29. The fraction of sp³-hybridized carbons (Fsp3) is 0.0667. The second kappa shape index (κ2) is 5.23. The van der Waals surface area contributed by atoms with E-state index >= 15 is 0 Å². The molecule has 3 aromatic rings. The van der Waals surface area contributed by atoms with E-state index in [9.17, 15) is 14.9 Å². The molecule has 0 radical (unpaired) electrons. The van der Waals surface area contributed by atoms with Crippen molar-refractivity contribution >= 4 is 28.2 Å². The van der Waals surface area contributed by atoms with Gasteiger partial charge in [0.25, 0.3) is 11.2 Å². The van der Waals surface area contributed by atoms with E-state index in [1.54, 1.807) is 24.3 Å². The zero-order valence-corrected chi connectivity index (χ0v) is 12.2. The average Bonchev–Trinajstić information content (AvgIpc) is 2.50. The normalized spacial score (nSPS) is 10.8. The molecule has 0 aliphatic heterocycles. The highest BCUT2D eigenvalue weighted by Crippen LogP contribution is 2.31. The van der Waals surface area contributed by atoms with Gasteiger partial charge in [-0.1, -0.05) is 23.7 Å². The molecule has 2 aromatic carbocycles. The van der Waals surface area contributed by atoms with Crippen LogP contribution in [0.1, 0.15) is 0 Å². The Morgan fingerprint density at radius 3 is 2.68 bits per heavy atom. The molecule has 3 rings (SSSR count). The minimum absolute atomic E-state index is 0.151. The average molecular weight is 316 g/mol. The van der Waals surface area contributed by atoms with Gasteiger partial charge in [-0.3, -0.25) is 19.5 Å². The molecule has 0 fully saturated rings. The molecule has 1 aromatic heterocycles. The van der Waals surface area contributed by atoms with E-state index in [-0.39, 0.29) is 22.6 Å². The van der Waals surface area contributed by atoms with Crippen LogP contribution in [0, 0.1) is 10.1 Å². The molecule has 0 aliphatic carbocycles. The zero-order valence-electron chi connectivity index (χ0n) is 11.5. The van der Waals surface area contributed by atoms with Crippen LogP contribution in [0.2, 0.25) is 5.02 Å². The largest absolute Gasteiger partial charge is 0.295 e. The monoisotopic (exact) mass is 315 g/mol. The number of halogens is 1. The molecule has 0 saturated heterocycles. The minimum Gasteiger partial charge on any atom is -0.295 e. The van der Waals surface area contributed by atoms with E-state index in [0.29, 0.717) is 15.9 Å². The van der Waals surface area contributed by atoms with Crippen LogP contribution in [0.5, 0.6) is 0 Å². The number of para-hydroxylation sites is 1. The van der Waals surface area contributed by atoms with Gasteiger partial charge >= 0.3 is 0 Å². The van der Waals surface area contributed by atoms with Gasteiger partial charge in [-0.05, 0) is 24.3 Å². The summed E-state index contributed by atoms with van der Waals surface area (Å²) in [6.45, 7) is 0. The van der Waals surface area contributed by atoms with Crippen LogP contribution < -0.4 is 5.56 Å². The molecule has 0 aliphatic rings. The Balaban J connectivity index is 2.41. The first-order chi connectivity index (χ1) is 10.5. The van der Waals surface area contributed by atoms with Gasteiger partial charge in [-0.15, -0.1) is 0 Å². The third-order valence-electron chi connectivity index (χ3n) is 3.38. The summed E-state index contributed by atoms with van der Waals surface area (Å²) in [7, 11) is 1.53. The molecule has 7 heteroatoms. The minimum atomic E-state index is -0.521. The molecule has 6 nitrogen and oxygen atoms in total. The lowest BCUT2D eigenvalue weighted by molar-refractivity contribution is -0.384. The number of rotatable bonds is 2. The van der Waals surface area contributed by atoms with Gasteiger partial charge in [0.2, 0.25) is 0 Å². The van der Waals surface area contributed by atoms with Crippen LogP contribution in [-0.2, 0) is 7.05 Å². The Hall–Kier alpha value is -2.73. The molecule has 1 heterocycles. The molecule has 0 unspecified atom stereocenters. The van der Waals surface area contributed by atoms with Gasteiger partial charge in [0.05, 0.1) is 21.4 Å². The SMILES string of the molecule is Cn1c(-c2cc(Cl)ccc2[N+](=O)[O-])nc2ccccc2c1=O. The summed E-state index contributed by atoms with van der Waals surface area (Å²) >= 11 is 5.94. The predicted octanol–water partition coefficient (Wildman–Crippen LogP) is 3.16. The van der Waals surface area contributed by atoms with Crippen LogP contribution in [0.4, 0.5) is 5.69 Å². The number of aromatic nitrogens is 2. The quantitative estimate of drug-likeness (QED) is 0.537. The Kier molecular flexibility index (Phi) is 3.38. The third kappa shape index (κ3) is 2.23. The summed E-state index contributed by atoms with van der Waals surface area (Å²) in [4.78, 5) is 27.5. The van der Waals surface area contributed by atoms with Crippen LogP contribution in [0.25, 0.3) is 22.3 Å². The molecule has 110 valence electrons. The first-order valence-electron chi connectivity index (χ1n) is 6.39. The molecule has 0 saturated carbocycles. The molecular weight excluding hydrogens is 306 g/mol. The van der Waals surface area contributed by atoms with E-state index in [2.05, 4.69) is 4.98 Å². The van der Waals surface area contributed by atoms with Gasteiger partial charge in [-0.25, -0.2) is 4.98 Å². The van der Waals surface area contributed by atoms with E-state index in [0.717, 1.165) is 0 Å². The second-order valence-electron chi connectivity index (χ2n) is 4.74. The molecular formula is C15H10ClN3O3. The van der Waals surface area contributed by atoms with E-state index in [1.165, 1.54) is 29.8 Å². The topological polar surface area (TPSA) is 78.0 Å². The molecule has 0 N–H and O–H groups in total. The summed E-state index contributed by atoms with van der Waals surface area (Å²) in [5.74, 6) is 0.206. The number of hydrogen-bond donors (Lipinski definition) is 0. The van der Waals surface area contributed by atoms with Gasteiger partial charge in [0.1, 0.15) is 5.82 Å². The highest BCUT2D eigenvalue weighted by atomic mass is 35.5. The highest BCUT2D eigenvalue weighted by Gasteiger charge is 2.20. The number of nitro benzene ring substituents is 1. The molecule has 22 heavy (non-hydrogen) atoms. The summed E-state index contributed by atoms with van der Waals surface area (Å²) in [5, 5.41) is 12.0. The molecule has 0 bridgehead atoms. The van der Waals surface area contributed by atoms with Crippen molar-refractivity contribution in [1.82, 2.24) is 9.55 Å². The van der Waals surface area contributed by atoms with Gasteiger partial charge in [-0.2, -0.15) is 0 Å². The fourth-order valence-electron chi connectivity index (χ4n) is 2.31. The van der Waals surface area contributed by atoms with Gasteiger partial charge in [0, 0.05) is 18.1 Å². The molecule has 0 amide bonds. The van der Waals surface area contributed by atoms with Crippen molar-refractivity contribution in [2.45, 2.75) is 0 Å². The number of fused-ring (bicyclic) bond motifs is 1. The lowest BCUT2D eigenvalue weighted by atomic mass is 10.1. The molecule has 0 spiro atoms. The second-order valence-corrected chi connectivity index (χ2v) is 5.17. The highest BCUT2D eigenvalue weighted by molar-refractivity contribution is 6.31. The fourth-order valence-corrected chi connectivity index (χ4v) is 2.48. The Labute approximate surface area is 129 Å². The lowest BCUT2D eigenvalue weighted by Crippen LogP contribution is -2.20. The predicted molar refractivity (Wildman–Crippen MR) is 84.1 cm³/mol. The van der Waals surface area contributed by atoms with Crippen LogP contribution in [0.15, 0.2) is 47.3 Å². The van der Waals surface area contributed by atoms with Crippen molar-refractivity contribution in [3.8, 4) is 11.4 Å². The van der Waals surface area contributed by atoms with E-state index in [4.69, 9.17) is 11.6 Å². The first-order valence-corrected chi connectivity index (χ1v) is 6.77. The van der Waals surface area contributed by atoms with Crippen molar-refractivity contribution in [1.29, 1.82) is 0 Å². The Morgan fingerprint density at radius 1 is 1.23 bits per heavy atom. The number of nitro groups is 1. The van der Waals surface area contributed by atoms with Crippen LogP contribution in [0.3, 0.4) is 0 Å². The number of nitrogens with zero attached hydrogens (tertiary/aromatic N) is 3. The maximum absolute atomic E-state index is 12.4. The third-order valence-corrected chi connectivity index (χ3v) is 3.61. The van der Waals surface area contributed by atoms with Gasteiger partial charge < -0.3 is 0 Å². The van der Waals surface area contributed by atoms with E-state index < -0.39 is 4.92 Å². The van der Waals surface area contributed by atoms with Crippen molar-refractivity contribution in [3.63, 3.8) is 0 Å². The lowest BCUT2D eigenvalue weighted by Gasteiger charge is -2.10. The standard InChI is InChI=1S/C15H10ClN3O3/c1-18-14(11-8-9(16)6-7-13(11)19(21)22)17-12-5-3-2-4-10(12)15(18)20/h2-8H,1H3. The van der Waals surface area contributed by atoms with Gasteiger partial charge in [0.15, 0.2) is 0 Å². The van der Waals surface area contributed by atoms with Crippen molar-refractivity contribution in [2.24, 2.45) is 7.05 Å². The smallest absolute Gasteiger partial charge is 0.280 e. The Bertz CT molecular complexity index is 966. The summed E-state index contributed by atoms with van der Waals surface area (Å²) in [6, 6.07) is 11.0. The van der Waals surface area contributed by atoms with Crippen LogP contribution >= 0.6 is 11.6 Å². The number of benzene rings is 2. The number of hydrogen-bond acceptors (Lipinski definition) is 4. The maximum atomic E-state index is 12.4. The Morgan fingerprint density at radius 2 is 1.95 bits per heavy atom. The molecule has 0 atom stereocenters. The van der Waals surface area contributed by atoms with Crippen LogP contribution in [-0.4, -0.2) is 14.5 Å². The van der Waals surface area contributed by atoms with Crippen molar-refractivity contribution < 1.29 is 4.92 Å². The summed E-state index contributed by atoms with van der Waals surface area (Å²) in [6.07, 6.45) is 0. The summed E-state index contributed by atoms with van der Waals surface area (Å²) in [5.41, 5.74) is 0.273. The van der Waals surface area contributed by atoms with Crippen molar-refractivity contribution in [2.75, 3.05) is 0 Å². The van der Waals surface area contributed by atoms with E-state index in [1.807, 2.05) is 0 Å². The first kappa shape index (κ1) is 14.2.